The number of hydrogen-bond acceptors (Lipinski definition) is 7. The maximum absolute atomic E-state index is 14.9. The number of hydrogen-bond donors (Lipinski definition) is 3. The third-order valence-corrected chi connectivity index (χ3v) is 10.1. The number of rotatable bonds is 8. The summed E-state index contributed by atoms with van der Waals surface area (Å²) in [7, 11) is 0. The monoisotopic (exact) mass is 736 g/mol. The zero-order valence-electron chi connectivity index (χ0n) is 29.9. The summed E-state index contributed by atoms with van der Waals surface area (Å²) >= 11 is 0. The van der Waals surface area contributed by atoms with Gasteiger partial charge in [0.25, 0.3) is 5.91 Å². The Kier molecular flexibility index (Phi) is 13.0. The Bertz CT molecular complexity index is 1730. The van der Waals surface area contributed by atoms with Gasteiger partial charge in [0.15, 0.2) is 5.82 Å². The van der Waals surface area contributed by atoms with Crippen molar-refractivity contribution in [2.24, 2.45) is 17.6 Å². The molecular formula is C38H50ClFN8O4. The van der Waals surface area contributed by atoms with Gasteiger partial charge in [0.05, 0.1) is 18.2 Å². The van der Waals surface area contributed by atoms with E-state index in [-0.39, 0.29) is 61.2 Å². The number of benzene rings is 2. The first kappa shape index (κ1) is 38.9. The second-order valence-electron chi connectivity index (χ2n) is 14.5. The van der Waals surface area contributed by atoms with Gasteiger partial charge in [-0.3, -0.25) is 19.2 Å². The van der Waals surface area contributed by atoms with E-state index in [1.165, 1.54) is 15.9 Å². The number of nitrogens with two attached hydrogens (primary N) is 1. The molecule has 2 fully saturated rings. The highest BCUT2D eigenvalue weighted by atomic mass is 35.5. The quantitative estimate of drug-likeness (QED) is 0.320. The van der Waals surface area contributed by atoms with Crippen LogP contribution in [-0.4, -0.2) is 86.5 Å². The second kappa shape index (κ2) is 17.4. The highest BCUT2D eigenvalue weighted by molar-refractivity contribution is 5.98. The van der Waals surface area contributed by atoms with E-state index in [4.69, 9.17) is 15.8 Å². The second-order valence-corrected chi connectivity index (χ2v) is 14.5. The Morgan fingerprint density at radius 1 is 1.06 bits per heavy atom. The fourth-order valence-electron chi connectivity index (χ4n) is 6.92. The molecule has 2 aromatic carbocycles. The zero-order chi connectivity index (χ0) is 36.1. The Hall–Kier alpha value is -4.36. The van der Waals surface area contributed by atoms with Gasteiger partial charge in [0.2, 0.25) is 17.7 Å². The predicted octanol–water partition coefficient (Wildman–Crippen LogP) is 3.37. The number of aromatic nitrogens is 3. The smallest absolute Gasteiger partial charge is 0.257 e. The molecule has 3 aromatic rings. The van der Waals surface area contributed by atoms with Crippen LogP contribution in [0, 0.1) is 17.7 Å². The molecule has 4 amide bonds. The summed E-state index contributed by atoms with van der Waals surface area (Å²) in [6, 6.07) is 12.5. The van der Waals surface area contributed by atoms with E-state index < -0.39 is 29.8 Å². The lowest BCUT2D eigenvalue weighted by atomic mass is 10.0. The van der Waals surface area contributed by atoms with Crippen LogP contribution in [0.15, 0.2) is 48.5 Å². The number of nitrogens with one attached hydrogen (secondary N) is 2. The first-order valence-electron chi connectivity index (χ1n) is 18.2. The van der Waals surface area contributed by atoms with Crippen LogP contribution in [0.25, 0.3) is 0 Å². The van der Waals surface area contributed by atoms with Crippen LogP contribution in [-0.2, 0) is 40.2 Å². The van der Waals surface area contributed by atoms with E-state index in [9.17, 15) is 23.6 Å². The summed E-state index contributed by atoms with van der Waals surface area (Å²) in [4.78, 5) is 62.6. The summed E-state index contributed by atoms with van der Waals surface area (Å²) in [6.45, 7) is 4.18. The highest BCUT2D eigenvalue weighted by Gasteiger charge is 2.37. The van der Waals surface area contributed by atoms with Crippen molar-refractivity contribution >= 4 is 36.0 Å². The molecule has 3 aliphatic rings. The molecule has 52 heavy (non-hydrogen) atoms. The molecule has 1 saturated carbocycles. The maximum atomic E-state index is 14.9. The molecule has 1 aliphatic carbocycles. The molecule has 3 heterocycles. The number of nitrogens with zero attached hydrogens (tertiary/aromatic N) is 5. The average Bonchev–Trinajstić information content (AvgIpc) is 3.61. The van der Waals surface area contributed by atoms with Crippen molar-refractivity contribution in [2.45, 2.75) is 89.9 Å². The molecule has 0 spiro atoms. The molecule has 14 heteroatoms. The zero-order valence-corrected chi connectivity index (χ0v) is 30.7. The third kappa shape index (κ3) is 9.74. The molecule has 3 atom stereocenters. The summed E-state index contributed by atoms with van der Waals surface area (Å²) in [5, 5.41) is 10.7. The van der Waals surface area contributed by atoms with Gasteiger partial charge in [0, 0.05) is 32.1 Å². The van der Waals surface area contributed by atoms with Gasteiger partial charge in [0.1, 0.15) is 24.2 Å². The van der Waals surface area contributed by atoms with Gasteiger partial charge < -0.3 is 26.2 Å². The van der Waals surface area contributed by atoms with Gasteiger partial charge >= 0.3 is 0 Å². The van der Waals surface area contributed by atoms with Crippen LogP contribution in [0.1, 0.15) is 85.1 Å². The van der Waals surface area contributed by atoms with E-state index in [2.05, 4.69) is 10.6 Å². The molecule has 12 nitrogen and oxygen atoms in total. The molecule has 2 aliphatic heterocycles. The van der Waals surface area contributed by atoms with Crippen LogP contribution in [0.4, 0.5) is 4.39 Å². The minimum Gasteiger partial charge on any atom is -0.355 e. The van der Waals surface area contributed by atoms with Crippen molar-refractivity contribution in [1.29, 1.82) is 0 Å². The maximum Gasteiger partial charge on any atom is 0.257 e. The number of carbonyl (C=O) groups excluding carboxylic acids is 4. The van der Waals surface area contributed by atoms with Crippen molar-refractivity contribution in [3.8, 4) is 0 Å². The lowest BCUT2D eigenvalue weighted by Gasteiger charge is -2.32. The Morgan fingerprint density at radius 2 is 1.83 bits per heavy atom. The van der Waals surface area contributed by atoms with E-state index >= 15 is 0 Å². The Morgan fingerprint density at radius 3 is 2.56 bits per heavy atom. The van der Waals surface area contributed by atoms with Crippen LogP contribution in [0.2, 0.25) is 0 Å². The summed E-state index contributed by atoms with van der Waals surface area (Å²) in [5.74, 6) is -0.646. The standard InChI is InChI=1S/C38H49FN8O4.ClH/c1-24(2)31-21-45(35(49)23-47-36(43-33(44-47)20-27-12-13-27)30(40)19-25-8-4-3-5-9-25)22-34(48)41-16-6-10-26-14-15-29(39)28(18-26)38(51)46-17-7-11-32(46)37(50)42-31;/h3-5,8-9,14-15,18,24,27,30-32H,6-7,10-13,16-17,19-23,40H2,1-2H3,(H,41,48)(H,42,50);1H/t30-,31+,32+;/m1./s1. The lowest BCUT2D eigenvalue weighted by molar-refractivity contribution is -0.137. The molecule has 1 aromatic heterocycles. The van der Waals surface area contributed by atoms with Crippen LogP contribution >= 0.6 is 12.4 Å². The van der Waals surface area contributed by atoms with Crippen LogP contribution < -0.4 is 16.4 Å². The number of aryl methyl sites for hydroxylation is 1. The minimum absolute atomic E-state index is 0. The van der Waals surface area contributed by atoms with Crippen LogP contribution in [0.5, 0.6) is 0 Å². The van der Waals surface area contributed by atoms with Gasteiger partial charge in [-0.15, -0.1) is 12.4 Å². The van der Waals surface area contributed by atoms with Gasteiger partial charge in [-0.05, 0) is 80.0 Å². The third-order valence-electron chi connectivity index (χ3n) is 10.1. The first-order valence-corrected chi connectivity index (χ1v) is 18.2. The van der Waals surface area contributed by atoms with E-state index in [1.54, 1.807) is 16.8 Å². The molecule has 0 radical (unpaired) electrons. The normalized spacial score (nSPS) is 20.8. The van der Waals surface area contributed by atoms with Gasteiger partial charge in [-0.1, -0.05) is 50.2 Å². The fraction of sp³-hybridized carbons (Fsp3) is 0.526. The average molecular weight is 737 g/mol. The van der Waals surface area contributed by atoms with E-state index in [0.717, 1.165) is 30.4 Å². The minimum atomic E-state index is -0.779. The SMILES string of the molecule is CC(C)[C@@H]1CN(C(=O)Cn2nc(CC3CC3)nc2[C@H](N)Cc2ccccc2)CC(=O)NCCCc2ccc(F)c(c2)C(=O)N2CCC[C@H]2C(=O)N1.Cl. The van der Waals surface area contributed by atoms with Crippen molar-refractivity contribution in [1.82, 2.24) is 35.2 Å². The highest BCUT2D eigenvalue weighted by Crippen LogP contribution is 2.32. The van der Waals surface area contributed by atoms with Crippen molar-refractivity contribution in [2.75, 3.05) is 26.2 Å². The summed E-state index contributed by atoms with van der Waals surface area (Å²) in [5.41, 5.74) is 8.43. The molecular weight excluding hydrogens is 687 g/mol. The molecule has 280 valence electrons. The molecule has 6 rings (SSSR count). The van der Waals surface area contributed by atoms with E-state index in [0.29, 0.717) is 62.8 Å². The largest absolute Gasteiger partial charge is 0.355 e. The van der Waals surface area contributed by atoms with Gasteiger partial charge in [-0.25, -0.2) is 14.1 Å². The summed E-state index contributed by atoms with van der Waals surface area (Å²) in [6.07, 6.45) is 5.59. The number of carbonyl (C=O) groups is 4. The molecule has 1 saturated heterocycles. The number of fused-ring (bicyclic) bond motifs is 3. The molecule has 4 N–H and O–H groups in total. The summed E-state index contributed by atoms with van der Waals surface area (Å²) < 4.78 is 16.5. The lowest BCUT2D eigenvalue weighted by Crippen LogP contribution is -2.55. The van der Waals surface area contributed by atoms with E-state index in [1.807, 2.05) is 44.2 Å². The molecule has 2 bridgehead atoms. The van der Waals surface area contributed by atoms with Crippen molar-refractivity contribution in [3.05, 3.63) is 82.7 Å². The first-order chi connectivity index (χ1) is 24.5. The Balaban J connectivity index is 0.00000523. The van der Waals surface area contributed by atoms with Crippen molar-refractivity contribution < 1.29 is 23.6 Å². The molecule has 0 unspecified atom stereocenters. The number of amides is 4. The topological polar surface area (TPSA) is 156 Å². The van der Waals surface area contributed by atoms with Gasteiger partial charge in [-0.2, -0.15) is 5.10 Å². The fourth-order valence-corrected chi connectivity index (χ4v) is 6.92. The van der Waals surface area contributed by atoms with Crippen molar-refractivity contribution in [3.63, 3.8) is 0 Å². The van der Waals surface area contributed by atoms with Crippen LogP contribution in [0.3, 0.4) is 0 Å². The Labute approximate surface area is 310 Å². The predicted molar refractivity (Wildman–Crippen MR) is 196 cm³/mol. The number of halogens is 2.